The molecule has 6 nitrogen and oxygen atoms in total. The number of benzene rings is 1. The van der Waals surface area contributed by atoms with Gasteiger partial charge in [-0.15, -0.1) is 0 Å². The summed E-state index contributed by atoms with van der Waals surface area (Å²) in [5.41, 5.74) is 3.45. The van der Waals surface area contributed by atoms with Crippen molar-refractivity contribution in [3.63, 3.8) is 0 Å². The molecule has 26 heavy (non-hydrogen) atoms. The molecule has 3 heterocycles. The first-order valence-electron chi connectivity index (χ1n) is 8.95. The number of hydrogen-bond donors (Lipinski definition) is 2. The highest BCUT2D eigenvalue weighted by molar-refractivity contribution is 5.61. The van der Waals surface area contributed by atoms with Crippen molar-refractivity contribution in [2.75, 3.05) is 28.6 Å². The summed E-state index contributed by atoms with van der Waals surface area (Å²) >= 11 is 0. The monoisotopic (exact) mass is 346 g/mol. The van der Waals surface area contributed by atoms with Crippen molar-refractivity contribution in [3.05, 3.63) is 66.6 Å². The summed E-state index contributed by atoms with van der Waals surface area (Å²) in [5, 5.41) is 6.58. The van der Waals surface area contributed by atoms with E-state index in [4.69, 9.17) is 0 Å². The Morgan fingerprint density at radius 1 is 0.885 bits per heavy atom. The Labute approximate surface area is 153 Å². The topological polar surface area (TPSA) is 66.0 Å². The van der Waals surface area contributed by atoms with E-state index in [-0.39, 0.29) is 0 Å². The van der Waals surface area contributed by atoms with E-state index in [1.165, 1.54) is 18.5 Å². The van der Waals surface area contributed by atoms with Crippen LogP contribution in [0.1, 0.15) is 18.4 Å². The highest BCUT2D eigenvalue weighted by Crippen LogP contribution is 2.23. The number of rotatable bonds is 6. The molecule has 1 aliphatic rings. The van der Waals surface area contributed by atoms with Crippen LogP contribution in [0.2, 0.25) is 0 Å². The second kappa shape index (κ2) is 7.82. The highest BCUT2D eigenvalue weighted by atomic mass is 15.1. The second-order valence-corrected chi connectivity index (χ2v) is 6.34. The van der Waals surface area contributed by atoms with Gasteiger partial charge in [0, 0.05) is 49.6 Å². The van der Waals surface area contributed by atoms with Crippen LogP contribution in [0.15, 0.2) is 61.1 Å². The Bertz CT molecular complexity index is 828. The lowest BCUT2D eigenvalue weighted by Crippen LogP contribution is -2.17. The highest BCUT2D eigenvalue weighted by Gasteiger charge is 2.11. The minimum absolute atomic E-state index is 0.598. The first kappa shape index (κ1) is 16.3. The molecule has 3 aromatic rings. The van der Waals surface area contributed by atoms with Crippen LogP contribution >= 0.6 is 0 Å². The van der Waals surface area contributed by atoms with E-state index >= 15 is 0 Å². The quantitative estimate of drug-likeness (QED) is 0.707. The van der Waals surface area contributed by atoms with Crippen molar-refractivity contribution in [2.24, 2.45) is 0 Å². The van der Waals surface area contributed by atoms with Gasteiger partial charge in [0.25, 0.3) is 0 Å². The van der Waals surface area contributed by atoms with Gasteiger partial charge in [-0.05, 0) is 60.9 Å². The maximum atomic E-state index is 4.52. The molecule has 1 aliphatic heterocycles. The van der Waals surface area contributed by atoms with E-state index in [0.717, 1.165) is 30.2 Å². The molecule has 0 radical (unpaired) electrons. The summed E-state index contributed by atoms with van der Waals surface area (Å²) in [4.78, 5) is 15.2. The standard InChI is InChI=1S/C20H22N6/c1-2-14-26(13-1)18-5-3-17(4-6-18)24-19-9-12-22-20(25-19)23-15-16-7-10-21-11-8-16/h3-12H,1-2,13-15H2,(H2,22,23,24,25). The maximum Gasteiger partial charge on any atom is 0.224 e. The summed E-state index contributed by atoms with van der Waals surface area (Å²) < 4.78 is 0. The smallest absolute Gasteiger partial charge is 0.224 e. The lowest BCUT2D eigenvalue weighted by Gasteiger charge is -2.18. The van der Waals surface area contributed by atoms with Crippen LogP contribution in [0.3, 0.4) is 0 Å². The van der Waals surface area contributed by atoms with Crippen molar-refractivity contribution in [2.45, 2.75) is 19.4 Å². The SMILES string of the molecule is c1cc(CNc2nccc(Nc3ccc(N4CCCC4)cc3)n2)ccn1. The summed E-state index contributed by atoms with van der Waals surface area (Å²) in [6, 6.07) is 14.3. The Hall–Kier alpha value is -3.15. The van der Waals surface area contributed by atoms with Crippen molar-refractivity contribution in [1.29, 1.82) is 0 Å². The van der Waals surface area contributed by atoms with Gasteiger partial charge in [0.05, 0.1) is 0 Å². The Kier molecular flexibility index (Phi) is 4.91. The van der Waals surface area contributed by atoms with E-state index in [9.17, 15) is 0 Å². The zero-order valence-corrected chi connectivity index (χ0v) is 14.6. The van der Waals surface area contributed by atoms with Gasteiger partial charge in [0.2, 0.25) is 5.95 Å². The molecule has 2 N–H and O–H groups in total. The van der Waals surface area contributed by atoms with Crippen molar-refractivity contribution in [1.82, 2.24) is 15.0 Å². The van der Waals surface area contributed by atoms with Crippen LogP contribution in [-0.4, -0.2) is 28.0 Å². The van der Waals surface area contributed by atoms with Crippen LogP contribution < -0.4 is 15.5 Å². The number of anilines is 4. The lowest BCUT2D eigenvalue weighted by atomic mass is 10.2. The van der Waals surface area contributed by atoms with E-state index < -0.39 is 0 Å². The molecule has 0 saturated carbocycles. The zero-order chi connectivity index (χ0) is 17.6. The first-order valence-corrected chi connectivity index (χ1v) is 8.95. The maximum absolute atomic E-state index is 4.52. The molecule has 0 atom stereocenters. The largest absolute Gasteiger partial charge is 0.372 e. The second-order valence-electron chi connectivity index (χ2n) is 6.34. The third-order valence-corrected chi connectivity index (χ3v) is 4.47. The molecule has 6 heteroatoms. The fraction of sp³-hybridized carbons (Fsp3) is 0.250. The van der Waals surface area contributed by atoms with E-state index in [0.29, 0.717) is 12.5 Å². The fourth-order valence-electron chi connectivity index (χ4n) is 3.07. The van der Waals surface area contributed by atoms with Gasteiger partial charge >= 0.3 is 0 Å². The molecule has 0 bridgehead atoms. The lowest BCUT2D eigenvalue weighted by molar-refractivity contribution is 0.949. The third kappa shape index (κ3) is 4.08. The van der Waals surface area contributed by atoms with Crippen molar-refractivity contribution >= 4 is 23.1 Å². The summed E-state index contributed by atoms with van der Waals surface area (Å²) in [5.74, 6) is 1.37. The first-order chi connectivity index (χ1) is 12.9. The van der Waals surface area contributed by atoms with Gasteiger partial charge in [-0.25, -0.2) is 4.98 Å². The van der Waals surface area contributed by atoms with Crippen molar-refractivity contribution in [3.8, 4) is 0 Å². The van der Waals surface area contributed by atoms with Crippen LogP contribution in [0, 0.1) is 0 Å². The average molecular weight is 346 g/mol. The minimum Gasteiger partial charge on any atom is -0.372 e. The van der Waals surface area contributed by atoms with E-state index in [1.54, 1.807) is 18.6 Å². The van der Waals surface area contributed by atoms with E-state index in [2.05, 4.69) is 54.8 Å². The van der Waals surface area contributed by atoms with Crippen LogP contribution in [0.4, 0.5) is 23.1 Å². The predicted octanol–water partition coefficient (Wildman–Crippen LogP) is 3.83. The Balaban J connectivity index is 1.38. The molecule has 0 spiro atoms. The summed E-state index contributed by atoms with van der Waals surface area (Å²) in [6.45, 7) is 2.98. The summed E-state index contributed by atoms with van der Waals surface area (Å²) in [6.07, 6.45) is 7.89. The van der Waals surface area contributed by atoms with Gasteiger partial charge < -0.3 is 15.5 Å². The van der Waals surface area contributed by atoms with Gasteiger partial charge in [0.15, 0.2) is 0 Å². The molecule has 1 saturated heterocycles. The average Bonchev–Trinajstić information content (AvgIpc) is 3.23. The normalized spacial score (nSPS) is 13.6. The number of pyridine rings is 1. The van der Waals surface area contributed by atoms with Crippen LogP contribution in [-0.2, 0) is 6.54 Å². The molecule has 1 fully saturated rings. The fourth-order valence-corrected chi connectivity index (χ4v) is 3.07. The molecule has 132 valence electrons. The van der Waals surface area contributed by atoms with Gasteiger partial charge in [-0.3, -0.25) is 4.98 Å². The molecule has 0 aliphatic carbocycles. The Morgan fingerprint density at radius 2 is 1.65 bits per heavy atom. The van der Waals surface area contributed by atoms with Crippen LogP contribution in [0.25, 0.3) is 0 Å². The predicted molar refractivity (Wildman–Crippen MR) is 105 cm³/mol. The molecule has 0 amide bonds. The zero-order valence-electron chi connectivity index (χ0n) is 14.6. The van der Waals surface area contributed by atoms with Gasteiger partial charge in [-0.2, -0.15) is 4.98 Å². The molecule has 1 aromatic carbocycles. The van der Waals surface area contributed by atoms with Gasteiger partial charge in [-0.1, -0.05) is 0 Å². The number of nitrogens with zero attached hydrogens (tertiary/aromatic N) is 4. The van der Waals surface area contributed by atoms with Crippen molar-refractivity contribution < 1.29 is 0 Å². The molecule has 2 aromatic heterocycles. The van der Waals surface area contributed by atoms with Crippen LogP contribution in [0.5, 0.6) is 0 Å². The third-order valence-electron chi connectivity index (χ3n) is 4.47. The number of aromatic nitrogens is 3. The minimum atomic E-state index is 0.598. The molecular weight excluding hydrogens is 324 g/mol. The summed E-state index contributed by atoms with van der Waals surface area (Å²) in [7, 11) is 0. The molecule has 0 unspecified atom stereocenters. The number of hydrogen-bond acceptors (Lipinski definition) is 6. The Morgan fingerprint density at radius 3 is 2.42 bits per heavy atom. The van der Waals surface area contributed by atoms with Gasteiger partial charge in [0.1, 0.15) is 5.82 Å². The molecular formula is C20H22N6. The van der Waals surface area contributed by atoms with E-state index in [1.807, 2.05) is 18.2 Å². The molecule has 4 rings (SSSR count). The number of nitrogens with one attached hydrogen (secondary N) is 2.